The van der Waals surface area contributed by atoms with Gasteiger partial charge in [0, 0.05) is 1.37 Å². The molecule has 0 aliphatic carbocycles. The van der Waals surface area contributed by atoms with Crippen LogP contribution in [0.2, 0.25) is 6.82 Å². The molecule has 0 nitrogen and oxygen atoms in total. The minimum Gasteiger partial charge on any atom is -0.0999 e. The summed E-state index contributed by atoms with van der Waals surface area (Å²) in [6.45, 7) is 5.50. The third kappa shape index (κ3) is 4110. The molecule has 0 aromatic carbocycles. The van der Waals surface area contributed by atoms with Crippen molar-refractivity contribution in [3.05, 3.63) is 0 Å². The summed E-state index contributed by atoms with van der Waals surface area (Å²) >= 11 is 0. The quantitative estimate of drug-likeness (QED) is 0.384. The second-order valence-corrected chi connectivity index (χ2v) is 0. The zero-order valence-corrected chi connectivity index (χ0v) is 4.58. The van der Waals surface area contributed by atoms with Crippen LogP contribution in [0.4, 0.5) is 0 Å². The Bertz CT molecular complexity index is 7.51. The van der Waals surface area contributed by atoms with Crippen LogP contribution >= 0.6 is 0 Å². The Hall–Kier alpha value is 0.0649. The van der Waals surface area contributed by atoms with Crippen molar-refractivity contribution in [3.63, 3.8) is 0 Å². The Morgan fingerprint density at radius 3 is 1.40 bits per heavy atom. The van der Waals surface area contributed by atoms with Gasteiger partial charge in [0.2, 0.25) is 0 Å². The van der Waals surface area contributed by atoms with E-state index < -0.39 is 0 Å². The molecule has 2 radical (unpaired) electrons. The van der Waals surface area contributed by atoms with E-state index in [1.807, 2.05) is 13.8 Å². The summed E-state index contributed by atoms with van der Waals surface area (Å²) in [6, 6.07) is 0. The molecule has 0 aliphatic heterocycles. The molecule has 0 saturated carbocycles. The van der Waals surface area contributed by atoms with Gasteiger partial charge in [0.05, 0.1) is 7.85 Å². The first kappa shape index (κ1) is 8.91. The molecule has 32 valence electrons. The molecule has 0 aromatic heterocycles. The Balaban J connectivity index is -0.0000000225. The van der Waals surface area contributed by atoms with Crippen LogP contribution in [0.1, 0.15) is 22.6 Å². The SMILES string of the molecule is CC.[2H]C.[B]C. The summed E-state index contributed by atoms with van der Waals surface area (Å²) in [6.07, 6.45) is 0. The van der Waals surface area contributed by atoms with E-state index in [1.54, 1.807) is 0 Å². The molecule has 0 saturated heterocycles. The van der Waals surface area contributed by atoms with E-state index in [2.05, 4.69) is 7.85 Å². The average Bonchev–Trinajstić information content (AvgIpc) is 1.81. The van der Waals surface area contributed by atoms with Gasteiger partial charge in [0.25, 0.3) is 0 Å². The van der Waals surface area contributed by atoms with Crippen molar-refractivity contribution in [2.45, 2.75) is 28.1 Å². The van der Waals surface area contributed by atoms with Crippen LogP contribution in [-0.4, -0.2) is 7.85 Å². The summed E-state index contributed by atoms with van der Waals surface area (Å²) in [4.78, 5) is 0. The van der Waals surface area contributed by atoms with Gasteiger partial charge in [-0.15, -0.1) is 0 Å². The summed E-state index contributed by atoms with van der Waals surface area (Å²) in [5, 5.41) is 0. The lowest BCUT2D eigenvalue weighted by atomic mass is 10.2. The van der Waals surface area contributed by atoms with E-state index in [0.717, 1.165) is 0 Å². The van der Waals surface area contributed by atoms with Crippen LogP contribution < -0.4 is 0 Å². The van der Waals surface area contributed by atoms with Gasteiger partial charge < -0.3 is 0 Å². The van der Waals surface area contributed by atoms with E-state index in [9.17, 15) is 0 Å². The molecule has 1 heteroatoms. The van der Waals surface area contributed by atoms with Crippen LogP contribution in [0.15, 0.2) is 0 Å². The Morgan fingerprint density at radius 2 is 1.40 bits per heavy atom. The lowest BCUT2D eigenvalue weighted by Gasteiger charge is -1.07. The third-order valence-corrected chi connectivity index (χ3v) is 0. The fourth-order valence-electron chi connectivity index (χ4n) is 0. The topological polar surface area (TPSA) is 0 Å². The summed E-state index contributed by atoms with van der Waals surface area (Å²) in [5.74, 6) is 0. The van der Waals surface area contributed by atoms with Crippen LogP contribution in [0.5, 0.6) is 0 Å². The van der Waals surface area contributed by atoms with Crippen molar-refractivity contribution in [1.29, 1.82) is 0 Å². The van der Waals surface area contributed by atoms with Crippen molar-refractivity contribution in [2.75, 3.05) is 0 Å². The zero-order chi connectivity index (χ0) is 6.00. The highest BCUT2D eigenvalue weighted by molar-refractivity contribution is 6.05. The van der Waals surface area contributed by atoms with E-state index in [4.69, 9.17) is 1.37 Å². The van der Waals surface area contributed by atoms with Gasteiger partial charge in [0.15, 0.2) is 0 Å². The minimum absolute atomic E-state index is 1.25. The molecule has 0 fully saturated rings. The molecule has 0 rings (SSSR count). The van der Waals surface area contributed by atoms with Gasteiger partial charge in [0.1, 0.15) is 0 Å². The molecule has 0 amide bonds. The molecule has 0 N–H and O–H groups in total. The van der Waals surface area contributed by atoms with Gasteiger partial charge in [-0.2, -0.15) is 0 Å². The van der Waals surface area contributed by atoms with Gasteiger partial charge in [-0.05, 0) is 0 Å². The predicted octanol–water partition coefficient (Wildman–Crippen LogP) is 1.87. The number of hydrogen-bond acceptors (Lipinski definition) is 0. The largest absolute Gasteiger partial charge is 0.0999 e. The maximum Gasteiger partial charge on any atom is 0.0606 e. The predicted molar refractivity (Wildman–Crippen MR) is 29.7 cm³/mol. The average molecular weight is 73.0 g/mol. The molecule has 0 spiro atoms. The standard InChI is InChI=1S/C2H6.CH3B.CH4/c2*1-2;/h1-2H3;1H3;1H4/i;;1D. The highest BCUT2D eigenvalue weighted by Crippen LogP contribution is 1.14. The lowest BCUT2D eigenvalue weighted by Crippen LogP contribution is -1.13. The maximum absolute atomic E-state index is 5.75. The van der Waals surface area contributed by atoms with Gasteiger partial charge in [-0.1, -0.05) is 28.1 Å². The van der Waals surface area contributed by atoms with E-state index in [-0.39, 0.29) is 0 Å². The lowest BCUT2D eigenvalue weighted by molar-refractivity contribution is 1.50. The molecule has 5 heavy (non-hydrogen) atoms. The molecule has 0 bridgehead atoms. The van der Waals surface area contributed by atoms with Crippen LogP contribution in [0, 0.1) is 0 Å². The second-order valence-electron chi connectivity index (χ2n) is 0. The van der Waals surface area contributed by atoms with Crippen LogP contribution in [0.3, 0.4) is 0 Å². The smallest absolute Gasteiger partial charge is 0.0606 e. The first-order valence-electron chi connectivity index (χ1n) is 2.58. The Labute approximate surface area is 38.4 Å². The summed E-state index contributed by atoms with van der Waals surface area (Å²) < 4.78 is 5.75. The third-order valence-electron chi connectivity index (χ3n) is 0. The highest BCUT2D eigenvalue weighted by Gasteiger charge is 0.984. The Morgan fingerprint density at radius 1 is 1.40 bits per heavy atom. The molecular weight excluding hydrogens is 58.9 g/mol. The molecule has 0 aromatic rings. The van der Waals surface area contributed by atoms with Crippen molar-refractivity contribution in [3.8, 4) is 0 Å². The van der Waals surface area contributed by atoms with Crippen molar-refractivity contribution < 1.29 is 1.37 Å². The number of hydrogen-bond donors (Lipinski definition) is 0. The zero-order valence-electron chi connectivity index (χ0n) is 5.58. The van der Waals surface area contributed by atoms with E-state index in [0.29, 0.717) is 0 Å². The minimum atomic E-state index is 1.25. The molecule has 0 heterocycles. The van der Waals surface area contributed by atoms with Gasteiger partial charge >= 0.3 is 0 Å². The second kappa shape index (κ2) is 9060. The molecule has 0 atom stereocenters. The highest BCUT2D eigenvalue weighted by atomic mass is 13.0. The number of rotatable bonds is 0. The fourth-order valence-corrected chi connectivity index (χ4v) is 0. The van der Waals surface area contributed by atoms with Gasteiger partial charge in [-0.3, -0.25) is 0 Å². The molecule has 0 unspecified atom stereocenters. The summed E-state index contributed by atoms with van der Waals surface area (Å²) in [5.41, 5.74) is 0. The van der Waals surface area contributed by atoms with Crippen molar-refractivity contribution >= 4 is 7.85 Å². The van der Waals surface area contributed by atoms with Gasteiger partial charge in [-0.25, -0.2) is 0 Å². The van der Waals surface area contributed by atoms with E-state index in [1.165, 1.54) is 14.2 Å². The van der Waals surface area contributed by atoms with Crippen molar-refractivity contribution in [2.24, 2.45) is 0 Å². The Kier molecular flexibility index (Phi) is 16100. The van der Waals surface area contributed by atoms with Crippen LogP contribution in [-0.2, 0) is 0 Å². The monoisotopic (exact) mass is 73.1 g/mol. The van der Waals surface area contributed by atoms with Crippen LogP contribution in [0.25, 0.3) is 0 Å². The van der Waals surface area contributed by atoms with Crippen molar-refractivity contribution in [1.82, 2.24) is 0 Å². The first-order chi connectivity index (χ1) is 3.00. The molecule has 0 aliphatic rings. The molecular formula is C4H13B. The first-order valence-corrected chi connectivity index (χ1v) is 1.58. The summed E-state index contributed by atoms with van der Waals surface area (Å²) in [7, 11) is 5.75. The van der Waals surface area contributed by atoms with E-state index >= 15 is 0 Å². The normalized spacial score (nSPS) is 3.60. The fraction of sp³-hybridized carbons (Fsp3) is 1.00. The maximum atomic E-state index is 5.75.